The van der Waals surface area contributed by atoms with Crippen molar-refractivity contribution in [2.45, 2.75) is 26.4 Å². The van der Waals surface area contributed by atoms with Crippen LogP contribution in [0.4, 0.5) is 11.4 Å². The van der Waals surface area contributed by atoms with E-state index in [-0.39, 0.29) is 30.0 Å². The molecule has 1 aliphatic heterocycles. The fraction of sp³-hybridized carbons (Fsp3) is 0.226. The number of carbonyl (C=O) groups excluding carboxylic acids is 3. The Kier molecular flexibility index (Phi) is 9.25. The summed E-state index contributed by atoms with van der Waals surface area (Å²) in [6.45, 7) is 2.30. The third-order valence-corrected chi connectivity index (χ3v) is 8.34. The number of carbonyl (C=O) groups is 3. The van der Waals surface area contributed by atoms with Crippen LogP contribution in [-0.4, -0.2) is 47.2 Å². The summed E-state index contributed by atoms with van der Waals surface area (Å²) in [6.07, 6.45) is 6.20. The highest BCUT2D eigenvalue weighted by molar-refractivity contribution is 6.38. The molecule has 1 fully saturated rings. The van der Waals surface area contributed by atoms with Gasteiger partial charge in [-0.3, -0.25) is 18.8 Å². The van der Waals surface area contributed by atoms with Crippen LogP contribution in [0, 0.1) is 6.92 Å². The number of rotatable bonds is 9. The Morgan fingerprint density at radius 3 is 2.60 bits per heavy atom. The van der Waals surface area contributed by atoms with Gasteiger partial charge in [0, 0.05) is 48.6 Å². The molecule has 1 saturated heterocycles. The maximum absolute atomic E-state index is 12.9. The Morgan fingerprint density at radius 2 is 1.88 bits per heavy atom. The van der Waals surface area contributed by atoms with Crippen molar-refractivity contribution in [1.29, 1.82) is 0 Å². The van der Waals surface area contributed by atoms with E-state index in [0.29, 0.717) is 51.5 Å². The molecule has 5 rings (SSSR count). The zero-order chi connectivity index (χ0) is 30.7. The highest BCUT2D eigenvalue weighted by Gasteiger charge is 2.22. The molecule has 0 spiro atoms. The van der Waals surface area contributed by atoms with Gasteiger partial charge in [-0.25, -0.2) is 4.98 Å². The van der Waals surface area contributed by atoms with Crippen molar-refractivity contribution in [3.05, 3.63) is 92.8 Å². The van der Waals surface area contributed by atoms with E-state index in [1.807, 2.05) is 24.3 Å². The number of nitrogens with zero attached hydrogens (tertiary/aromatic N) is 4. The predicted molar refractivity (Wildman–Crippen MR) is 169 cm³/mol. The number of likely N-dealkylation sites (N-methyl/N-ethyl adjacent to an activating group) is 1. The molecular formula is C31H28Cl3N5O4. The van der Waals surface area contributed by atoms with Gasteiger partial charge >= 0.3 is 0 Å². The van der Waals surface area contributed by atoms with Crippen molar-refractivity contribution >= 4 is 75.6 Å². The molecule has 1 aliphatic rings. The van der Waals surface area contributed by atoms with Crippen LogP contribution in [-0.2, 0) is 21.0 Å². The molecule has 0 atom stereocenters. The highest BCUT2D eigenvalue weighted by Crippen LogP contribution is 2.35. The van der Waals surface area contributed by atoms with Crippen LogP contribution in [0.2, 0.25) is 15.2 Å². The number of anilines is 2. The third kappa shape index (κ3) is 6.64. The van der Waals surface area contributed by atoms with E-state index >= 15 is 0 Å². The van der Waals surface area contributed by atoms with E-state index in [2.05, 4.69) is 10.3 Å². The Bertz CT molecular complexity index is 1740. The molecule has 0 aliphatic carbocycles. The summed E-state index contributed by atoms with van der Waals surface area (Å²) < 4.78 is 7.73. The first-order valence-electron chi connectivity index (χ1n) is 13.5. The van der Waals surface area contributed by atoms with Crippen molar-refractivity contribution in [1.82, 2.24) is 14.7 Å². The lowest BCUT2D eigenvalue weighted by Crippen LogP contribution is -2.37. The topological polar surface area (TPSA) is 96.2 Å². The van der Waals surface area contributed by atoms with Crippen molar-refractivity contribution in [3.8, 4) is 5.75 Å². The van der Waals surface area contributed by atoms with Crippen molar-refractivity contribution in [2.24, 2.45) is 0 Å². The van der Waals surface area contributed by atoms with Crippen molar-refractivity contribution < 1.29 is 19.1 Å². The van der Waals surface area contributed by atoms with Crippen LogP contribution < -0.4 is 19.9 Å². The van der Waals surface area contributed by atoms with Gasteiger partial charge in [-0.15, -0.1) is 0 Å². The monoisotopic (exact) mass is 639 g/mol. The smallest absolute Gasteiger partial charge is 0.246 e. The fourth-order valence-corrected chi connectivity index (χ4v) is 5.48. The number of halogens is 3. The zero-order valence-electron chi connectivity index (χ0n) is 23.4. The van der Waals surface area contributed by atoms with E-state index in [4.69, 9.17) is 39.5 Å². The van der Waals surface area contributed by atoms with Gasteiger partial charge in [0.25, 0.3) is 0 Å². The van der Waals surface area contributed by atoms with Crippen LogP contribution in [0.15, 0.2) is 60.8 Å². The summed E-state index contributed by atoms with van der Waals surface area (Å²) in [5.74, 6) is -0.205. The van der Waals surface area contributed by atoms with Gasteiger partial charge in [-0.1, -0.05) is 46.9 Å². The molecule has 12 heteroatoms. The largest absolute Gasteiger partial charge is 0.485 e. The van der Waals surface area contributed by atoms with E-state index < -0.39 is 5.91 Å². The number of aromatic nitrogens is 2. The predicted octanol–water partition coefficient (Wildman–Crippen LogP) is 6.10. The molecule has 2 aromatic carbocycles. The van der Waals surface area contributed by atoms with E-state index in [1.165, 1.54) is 11.0 Å². The maximum Gasteiger partial charge on any atom is 0.246 e. The second-order valence-corrected chi connectivity index (χ2v) is 11.1. The van der Waals surface area contributed by atoms with Crippen LogP contribution in [0.3, 0.4) is 0 Å². The van der Waals surface area contributed by atoms with Crippen molar-refractivity contribution in [3.63, 3.8) is 0 Å². The molecule has 0 radical (unpaired) electrons. The molecule has 3 heterocycles. The minimum atomic E-state index is -0.430. The Labute approximate surface area is 263 Å². The second-order valence-electron chi connectivity index (χ2n) is 9.95. The average Bonchev–Trinajstić information content (AvgIpc) is 3.56. The number of pyridine rings is 1. The molecule has 222 valence electrons. The molecule has 4 aromatic rings. The SMILES string of the molecule is Cc1nc2c(OCc3c(Cl)ccc(N(C)C(=O)CNC(=O)C=Cc4ccc(N5CCCC5=O)cc4)c3Cl)cccn2c1Cl. The number of ether oxygens (including phenoxy) is 1. The molecule has 2 aromatic heterocycles. The van der Waals surface area contributed by atoms with Gasteiger partial charge in [0.2, 0.25) is 17.7 Å². The summed E-state index contributed by atoms with van der Waals surface area (Å²) in [5.41, 5.74) is 3.75. The van der Waals surface area contributed by atoms with Gasteiger partial charge in [0.15, 0.2) is 11.4 Å². The lowest BCUT2D eigenvalue weighted by molar-refractivity contribution is -0.122. The van der Waals surface area contributed by atoms with Crippen molar-refractivity contribution in [2.75, 3.05) is 29.9 Å². The first kappa shape index (κ1) is 30.4. The quantitative estimate of drug-likeness (QED) is 0.223. The zero-order valence-corrected chi connectivity index (χ0v) is 25.7. The van der Waals surface area contributed by atoms with E-state index in [1.54, 1.807) is 59.8 Å². The van der Waals surface area contributed by atoms with Gasteiger partial charge in [-0.2, -0.15) is 0 Å². The minimum Gasteiger partial charge on any atom is -0.485 e. The fourth-order valence-electron chi connectivity index (χ4n) is 4.70. The van der Waals surface area contributed by atoms with Crippen LogP contribution >= 0.6 is 34.8 Å². The summed E-state index contributed by atoms with van der Waals surface area (Å²) in [6, 6.07) is 14.2. The number of benzene rings is 2. The lowest BCUT2D eigenvalue weighted by atomic mass is 10.2. The Hall–Kier alpha value is -4.05. The highest BCUT2D eigenvalue weighted by atomic mass is 35.5. The summed E-state index contributed by atoms with van der Waals surface area (Å²) in [7, 11) is 1.56. The maximum atomic E-state index is 12.9. The molecule has 9 nitrogen and oxygen atoms in total. The molecule has 43 heavy (non-hydrogen) atoms. The number of hydrogen-bond donors (Lipinski definition) is 1. The van der Waals surface area contributed by atoms with Gasteiger partial charge < -0.3 is 19.9 Å². The van der Waals surface area contributed by atoms with Gasteiger partial charge in [-0.05, 0) is 61.4 Å². The molecule has 0 unspecified atom stereocenters. The molecule has 1 N–H and O–H groups in total. The van der Waals surface area contributed by atoms with Gasteiger partial charge in [0.1, 0.15) is 11.8 Å². The lowest BCUT2D eigenvalue weighted by Gasteiger charge is -2.21. The number of fused-ring (bicyclic) bond motifs is 1. The number of nitrogens with one attached hydrogen (secondary N) is 1. The Balaban J connectivity index is 1.19. The first-order valence-corrected chi connectivity index (χ1v) is 14.6. The normalized spacial score (nSPS) is 13.2. The number of hydrogen-bond acceptors (Lipinski definition) is 5. The molecular weight excluding hydrogens is 613 g/mol. The third-order valence-electron chi connectivity index (χ3n) is 7.11. The number of imidazole rings is 1. The Morgan fingerprint density at radius 1 is 1.12 bits per heavy atom. The van der Waals surface area contributed by atoms with Crippen LogP contribution in [0.25, 0.3) is 11.7 Å². The summed E-state index contributed by atoms with van der Waals surface area (Å²) >= 11 is 19.4. The molecule has 0 bridgehead atoms. The van der Waals surface area contributed by atoms with Crippen LogP contribution in [0.1, 0.15) is 29.7 Å². The summed E-state index contributed by atoms with van der Waals surface area (Å²) in [4.78, 5) is 44.8. The van der Waals surface area contributed by atoms with E-state index in [9.17, 15) is 14.4 Å². The molecule has 0 saturated carbocycles. The molecule has 3 amide bonds. The summed E-state index contributed by atoms with van der Waals surface area (Å²) in [5, 5.41) is 3.71. The number of amides is 3. The van der Waals surface area contributed by atoms with E-state index in [0.717, 1.165) is 17.7 Å². The van der Waals surface area contributed by atoms with Crippen LogP contribution in [0.5, 0.6) is 5.75 Å². The van der Waals surface area contributed by atoms with Gasteiger partial charge in [0.05, 0.1) is 22.9 Å². The first-order chi connectivity index (χ1) is 20.6. The standard InChI is InChI=1S/C31H28Cl3N5O4/c1-19-30(34)39-16-3-5-25(31(39)36-19)43-18-22-23(32)12-13-24(29(22)33)37(2)28(42)17-35-26(40)14-9-20-7-10-21(11-8-20)38-15-4-6-27(38)41/h3,5,7-14,16H,4,6,15,17-18H2,1-2H3,(H,35,40). The second kappa shape index (κ2) is 13.1. The number of aryl methyl sites for hydroxylation is 1. The average molecular weight is 641 g/mol. The minimum absolute atomic E-state index is 0.0214.